The minimum atomic E-state index is -1.15. The first kappa shape index (κ1) is 26.4. The van der Waals surface area contributed by atoms with Crippen LogP contribution in [-0.2, 0) is 14.4 Å². The summed E-state index contributed by atoms with van der Waals surface area (Å²) in [6.45, 7) is 9.22. The quantitative estimate of drug-likeness (QED) is 0.453. The average Bonchev–Trinajstić information content (AvgIpc) is 2.51. The molecule has 8 heteroatoms. The van der Waals surface area contributed by atoms with E-state index in [0.717, 1.165) is 0 Å². The van der Waals surface area contributed by atoms with Gasteiger partial charge in [0.05, 0.1) is 11.7 Å². The highest BCUT2D eigenvalue weighted by molar-refractivity contribution is 5.86. The van der Waals surface area contributed by atoms with Crippen molar-refractivity contribution in [3.05, 3.63) is 35.5 Å². The van der Waals surface area contributed by atoms with E-state index in [1.54, 1.807) is 19.9 Å². The molecule has 0 rings (SSSR count). The lowest BCUT2D eigenvalue weighted by Crippen LogP contribution is -2.11. The van der Waals surface area contributed by atoms with E-state index in [0.29, 0.717) is 12.0 Å². The van der Waals surface area contributed by atoms with Crippen molar-refractivity contribution in [2.24, 2.45) is 0 Å². The molecule has 0 saturated carbocycles. The Morgan fingerprint density at radius 3 is 1.54 bits per heavy atom. The third-order valence-electron chi connectivity index (χ3n) is 2.47. The van der Waals surface area contributed by atoms with Crippen LogP contribution in [0, 0.1) is 0 Å². The fraction of sp³-hybridized carbons (Fsp3) is 0.438. The summed E-state index contributed by atoms with van der Waals surface area (Å²) < 4.78 is 0. The van der Waals surface area contributed by atoms with Crippen LogP contribution >= 0.6 is 0 Å². The highest BCUT2D eigenvalue weighted by Gasteiger charge is 2.08. The SMILES string of the molecule is C/C(=C\CCO)C(=O)O.C/C=C(\C)C(=O)O.C=C(C(=O)O)C(C)O. The van der Waals surface area contributed by atoms with Gasteiger partial charge in [-0.3, -0.25) is 0 Å². The van der Waals surface area contributed by atoms with Gasteiger partial charge in [-0.05, 0) is 34.1 Å². The highest BCUT2D eigenvalue weighted by atomic mass is 16.4. The molecule has 0 aliphatic heterocycles. The van der Waals surface area contributed by atoms with Crippen LogP contribution in [0.4, 0.5) is 0 Å². The van der Waals surface area contributed by atoms with Crippen molar-refractivity contribution in [2.75, 3.05) is 6.61 Å². The average molecular weight is 346 g/mol. The number of carboxylic acid groups (broad SMARTS) is 3. The van der Waals surface area contributed by atoms with Crippen LogP contribution in [0.2, 0.25) is 0 Å². The number of allylic oxidation sites excluding steroid dienone is 1. The molecule has 0 aliphatic rings. The second-order valence-corrected chi connectivity index (χ2v) is 4.49. The van der Waals surface area contributed by atoms with Gasteiger partial charge in [0.15, 0.2) is 0 Å². The zero-order chi connectivity index (χ0) is 19.9. The van der Waals surface area contributed by atoms with Gasteiger partial charge in [0, 0.05) is 17.8 Å². The van der Waals surface area contributed by atoms with E-state index in [9.17, 15) is 14.4 Å². The van der Waals surface area contributed by atoms with Crippen LogP contribution in [-0.4, -0.2) is 56.2 Å². The maximum atomic E-state index is 10.1. The molecule has 24 heavy (non-hydrogen) atoms. The monoisotopic (exact) mass is 346 g/mol. The molecule has 0 aromatic carbocycles. The van der Waals surface area contributed by atoms with Crippen LogP contribution < -0.4 is 0 Å². The number of aliphatic hydroxyl groups excluding tert-OH is 2. The third-order valence-corrected chi connectivity index (χ3v) is 2.47. The number of carboxylic acids is 3. The molecule has 5 N–H and O–H groups in total. The van der Waals surface area contributed by atoms with Gasteiger partial charge in [-0.25, -0.2) is 14.4 Å². The van der Waals surface area contributed by atoms with E-state index in [4.69, 9.17) is 25.5 Å². The Morgan fingerprint density at radius 1 is 1.00 bits per heavy atom. The lowest BCUT2D eigenvalue weighted by atomic mass is 10.2. The molecule has 0 fully saturated rings. The Labute approximate surface area is 141 Å². The first-order chi connectivity index (χ1) is 10.9. The molecule has 0 aromatic rings. The molecule has 1 unspecified atom stereocenters. The van der Waals surface area contributed by atoms with Crippen molar-refractivity contribution in [1.29, 1.82) is 0 Å². The molecule has 138 valence electrons. The summed E-state index contributed by atoms with van der Waals surface area (Å²) in [7, 11) is 0. The molecule has 0 spiro atoms. The maximum absolute atomic E-state index is 10.1. The molecule has 0 aliphatic carbocycles. The topological polar surface area (TPSA) is 152 Å². The molecule has 8 nitrogen and oxygen atoms in total. The molecular formula is C16H26O8. The first-order valence-corrected chi connectivity index (χ1v) is 6.89. The van der Waals surface area contributed by atoms with Crippen molar-refractivity contribution in [3.63, 3.8) is 0 Å². The van der Waals surface area contributed by atoms with Gasteiger partial charge in [-0.2, -0.15) is 0 Å². The normalized spacial score (nSPS) is 11.9. The van der Waals surface area contributed by atoms with E-state index in [1.807, 2.05) is 0 Å². The van der Waals surface area contributed by atoms with Crippen LogP contribution in [0.1, 0.15) is 34.1 Å². The number of hydrogen-bond acceptors (Lipinski definition) is 5. The molecule has 0 heterocycles. The van der Waals surface area contributed by atoms with Gasteiger partial charge in [-0.15, -0.1) is 0 Å². The van der Waals surface area contributed by atoms with Crippen molar-refractivity contribution in [3.8, 4) is 0 Å². The zero-order valence-electron chi connectivity index (χ0n) is 14.3. The Balaban J connectivity index is -0.000000278. The van der Waals surface area contributed by atoms with Gasteiger partial charge >= 0.3 is 17.9 Å². The van der Waals surface area contributed by atoms with E-state index < -0.39 is 24.0 Å². The third kappa shape index (κ3) is 17.6. The largest absolute Gasteiger partial charge is 0.478 e. The first-order valence-electron chi connectivity index (χ1n) is 6.89. The number of hydrogen-bond donors (Lipinski definition) is 5. The molecule has 0 saturated heterocycles. The summed E-state index contributed by atoms with van der Waals surface area (Å²) >= 11 is 0. The summed E-state index contributed by atoms with van der Waals surface area (Å²) in [4.78, 5) is 29.8. The summed E-state index contributed by atoms with van der Waals surface area (Å²) in [6.07, 6.45) is 2.51. The minimum Gasteiger partial charge on any atom is -0.478 e. The van der Waals surface area contributed by atoms with Gasteiger partial charge in [0.25, 0.3) is 0 Å². The van der Waals surface area contributed by atoms with Crippen LogP contribution in [0.25, 0.3) is 0 Å². The molecule has 0 radical (unpaired) electrons. The Hall–Kier alpha value is -2.45. The maximum Gasteiger partial charge on any atom is 0.333 e. The Morgan fingerprint density at radius 2 is 1.42 bits per heavy atom. The fourth-order valence-electron chi connectivity index (χ4n) is 0.671. The summed E-state index contributed by atoms with van der Waals surface area (Å²) in [5.74, 6) is -2.93. The second kappa shape index (κ2) is 15.4. The van der Waals surface area contributed by atoms with Gasteiger partial charge in [0.1, 0.15) is 0 Å². The lowest BCUT2D eigenvalue weighted by molar-refractivity contribution is -0.134. The minimum absolute atomic E-state index is 0.00458. The number of carbonyl (C=O) groups is 3. The standard InChI is InChI=1S/C6H10O3.C5H8O3.C5H8O2/c1-5(6(8)9)3-2-4-7;1-3(4(2)6)5(7)8;1-3-4(2)5(6)7/h3,7H,2,4H2,1H3,(H,8,9);4,6H,1H2,2H3,(H,7,8);3H,1-2H3,(H,6,7)/b5-3+;;4-3+. The number of aliphatic hydroxyl groups is 2. The van der Waals surface area contributed by atoms with E-state index in [-0.39, 0.29) is 17.8 Å². The Kier molecular flexibility index (Phi) is 17.0. The predicted octanol–water partition coefficient (Wildman–Crippen LogP) is 1.44. The van der Waals surface area contributed by atoms with Crippen molar-refractivity contribution < 1.29 is 39.9 Å². The van der Waals surface area contributed by atoms with Crippen molar-refractivity contribution >= 4 is 17.9 Å². The van der Waals surface area contributed by atoms with Crippen LogP contribution in [0.3, 0.4) is 0 Å². The molecule has 0 aromatic heterocycles. The fourth-order valence-corrected chi connectivity index (χ4v) is 0.671. The Bertz CT molecular complexity index is 486. The number of rotatable bonds is 6. The summed E-state index contributed by atoms with van der Waals surface area (Å²) in [5.41, 5.74) is 0.494. The summed E-state index contributed by atoms with van der Waals surface area (Å²) in [6, 6.07) is 0. The highest BCUT2D eigenvalue weighted by Crippen LogP contribution is 1.95. The second-order valence-electron chi connectivity index (χ2n) is 4.49. The summed E-state index contributed by atoms with van der Waals surface area (Å²) in [5, 5.41) is 41.2. The van der Waals surface area contributed by atoms with Crippen molar-refractivity contribution in [2.45, 2.75) is 40.2 Å². The molecule has 1 atom stereocenters. The van der Waals surface area contributed by atoms with Crippen LogP contribution in [0.15, 0.2) is 35.5 Å². The van der Waals surface area contributed by atoms with Gasteiger partial charge in [0.2, 0.25) is 0 Å². The van der Waals surface area contributed by atoms with E-state index in [1.165, 1.54) is 19.9 Å². The van der Waals surface area contributed by atoms with Gasteiger partial charge < -0.3 is 25.5 Å². The molecule has 0 bridgehead atoms. The van der Waals surface area contributed by atoms with Gasteiger partial charge in [-0.1, -0.05) is 18.7 Å². The number of aliphatic carboxylic acids is 3. The van der Waals surface area contributed by atoms with Crippen molar-refractivity contribution in [1.82, 2.24) is 0 Å². The molecule has 0 amide bonds. The molecular weight excluding hydrogens is 320 g/mol. The smallest absolute Gasteiger partial charge is 0.333 e. The lowest BCUT2D eigenvalue weighted by Gasteiger charge is -1.99. The van der Waals surface area contributed by atoms with Crippen LogP contribution in [0.5, 0.6) is 0 Å². The van der Waals surface area contributed by atoms with E-state index >= 15 is 0 Å². The predicted molar refractivity (Wildman–Crippen MR) is 88.6 cm³/mol. The van der Waals surface area contributed by atoms with E-state index in [2.05, 4.69) is 6.58 Å². The zero-order valence-corrected chi connectivity index (χ0v) is 14.3.